The molecule has 0 bridgehead atoms. The Bertz CT molecular complexity index is 466. The lowest BCUT2D eigenvalue weighted by molar-refractivity contribution is -0.114. The van der Waals surface area contributed by atoms with Crippen LogP contribution in [-0.2, 0) is 17.6 Å². The van der Waals surface area contributed by atoms with Gasteiger partial charge in [-0.3, -0.25) is 4.79 Å². The van der Waals surface area contributed by atoms with Gasteiger partial charge >= 0.3 is 0 Å². The summed E-state index contributed by atoms with van der Waals surface area (Å²) in [5.41, 5.74) is 2.27. The van der Waals surface area contributed by atoms with Gasteiger partial charge in [0, 0.05) is 24.7 Å². The number of unbranched alkanes of at least 4 members (excludes halogenated alkanes) is 2. The molecule has 0 aliphatic carbocycles. The second-order valence-electron chi connectivity index (χ2n) is 5.47. The highest BCUT2D eigenvalue weighted by Gasteiger charge is 2.06. The molecule has 0 spiro atoms. The first-order valence-electron chi connectivity index (χ1n) is 9.22. The Morgan fingerprint density at radius 2 is 1.83 bits per heavy atom. The summed E-state index contributed by atoms with van der Waals surface area (Å²) in [6.45, 7) is 10.3. The Labute approximate surface area is 142 Å². The van der Waals surface area contributed by atoms with Crippen molar-refractivity contribution in [3.05, 3.63) is 35.4 Å². The number of hydrogen-bond acceptors (Lipinski definition) is 3. The van der Waals surface area contributed by atoms with Crippen LogP contribution in [0.5, 0.6) is 0 Å². The molecule has 0 aliphatic rings. The van der Waals surface area contributed by atoms with Crippen molar-refractivity contribution in [1.29, 1.82) is 0 Å². The van der Waals surface area contributed by atoms with E-state index in [1.165, 1.54) is 6.42 Å². The van der Waals surface area contributed by atoms with Crippen LogP contribution in [0.2, 0.25) is 0 Å². The fourth-order valence-corrected chi connectivity index (χ4v) is 2.17. The van der Waals surface area contributed by atoms with Crippen LogP contribution in [0.4, 0.5) is 0 Å². The van der Waals surface area contributed by atoms with Crippen LogP contribution < -0.4 is 0 Å². The van der Waals surface area contributed by atoms with E-state index < -0.39 is 0 Å². The van der Waals surface area contributed by atoms with Crippen molar-refractivity contribution in [2.24, 2.45) is 0 Å². The second kappa shape index (κ2) is 14.1. The molecule has 3 nitrogen and oxygen atoms in total. The summed E-state index contributed by atoms with van der Waals surface area (Å²) in [6.07, 6.45) is 11.4. The second-order valence-corrected chi connectivity index (χ2v) is 5.47. The van der Waals surface area contributed by atoms with Crippen LogP contribution >= 0.6 is 0 Å². The van der Waals surface area contributed by atoms with Gasteiger partial charge in [-0.05, 0) is 37.8 Å². The van der Waals surface area contributed by atoms with E-state index in [2.05, 4.69) is 23.8 Å². The first-order chi connectivity index (χ1) is 11.2. The number of hydrogen-bond donors (Lipinski definition) is 0. The standard InChI is InChI=1S/C18H28N2O.C2H6/c1-4-7-9-15(13-17(21)6-3)14-18-19-12-11-16(20-18)10-8-5-2;1-2/h11-13H,4-10,14H2,1-3H3;1-2H3/b15-13+;. The van der Waals surface area contributed by atoms with E-state index in [1.807, 2.05) is 33.0 Å². The van der Waals surface area contributed by atoms with E-state index >= 15 is 0 Å². The third-order valence-electron chi connectivity index (χ3n) is 3.50. The molecule has 0 saturated carbocycles. The molecule has 0 unspecified atom stereocenters. The van der Waals surface area contributed by atoms with Crippen LogP contribution in [-0.4, -0.2) is 15.8 Å². The zero-order valence-electron chi connectivity index (χ0n) is 15.7. The minimum absolute atomic E-state index is 0.197. The van der Waals surface area contributed by atoms with Crippen molar-refractivity contribution < 1.29 is 4.79 Å². The van der Waals surface area contributed by atoms with E-state index in [0.717, 1.165) is 49.2 Å². The van der Waals surface area contributed by atoms with E-state index in [4.69, 9.17) is 0 Å². The number of aryl methyl sites for hydroxylation is 1. The van der Waals surface area contributed by atoms with Gasteiger partial charge in [0.1, 0.15) is 5.82 Å². The zero-order valence-corrected chi connectivity index (χ0v) is 15.7. The number of allylic oxidation sites excluding steroid dienone is 2. The Morgan fingerprint density at radius 1 is 1.13 bits per heavy atom. The van der Waals surface area contributed by atoms with Crippen LogP contribution in [0, 0.1) is 0 Å². The molecule has 130 valence electrons. The van der Waals surface area contributed by atoms with E-state index in [1.54, 1.807) is 6.08 Å². The SMILES string of the molecule is CC.CCCC/C(=C\C(=O)CC)Cc1nccc(CCCC)n1. The molecule has 0 fully saturated rings. The van der Waals surface area contributed by atoms with Crippen molar-refractivity contribution in [3.63, 3.8) is 0 Å². The number of carbonyl (C=O) groups excluding carboxylic acids is 1. The molecule has 0 aliphatic heterocycles. The third-order valence-corrected chi connectivity index (χ3v) is 3.50. The number of rotatable bonds is 10. The highest BCUT2D eigenvalue weighted by atomic mass is 16.1. The molecule has 0 saturated heterocycles. The van der Waals surface area contributed by atoms with Gasteiger partial charge in [-0.25, -0.2) is 9.97 Å². The predicted octanol–water partition coefficient (Wildman–Crippen LogP) is 5.48. The Morgan fingerprint density at radius 3 is 2.43 bits per heavy atom. The minimum atomic E-state index is 0.197. The Kier molecular flexibility index (Phi) is 13.2. The lowest BCUT2D eigenvalue weighted by Crippen LogP contribution is -2.03. The lowest BCUT2D eigenvalue weighted by atomic mass is 10.0. The topological polar surface area (TPSA) is 42.9 Å². The maximum atomic E-state index is 11.7. The zero-order chi connectivity index (χ0) is 17.5. The van der Waals surface area contributed by atoms with Gasteiger partial charge in [0.2, 0.25) is 0 Å². The van der Waals surface area contributed by atoms with E-state index in [9.17, 15) is 4.79 Å². The number of nitrogens with zero attached hydrogens (tertiary/aromatic N) is 2. The molecule has 0 radical (unpaired) electrons. The molecule has 1 aromatic heterocycles. The average molecular weight is 319 g/mol. The van der Waals surface area contributed by atoms with Gasteiger partial charge in [-0.2, -0.15) is 0 Å². The monoisotopic (exact) mass is 318 g/mol. The molecule has 1 rings (SSSR count). The van der Waals surface area contributed by atoms with Crippen LogP contribution in [0.1, 0.15) is 84.7 Å². The van der Waals surface area contributed by atoms with Gasteiger partial charge in [-0.1, -0.05) is 53.0 Å². The van der Waals surface area contributed by atoms with Gasteiger partial charge in [0.25, 0.3) is 0 Å². The van der Waals surface area contributed by atoms with Crippen LogP contribution in [0.15, 0.2) is 23.9 Å². The molecule has 3 heteroatoms. The maximum Gasteiger partial charge on any atom is 0.155 e. The smallest absolute Gasteiger partial charge is 0.155 e. The summed E-state index contributed by atoms with van der Waals surface area (Å²) in [4.78, 5) is 20.7. The van der Waals surface area contributed by atoms with Crippen LogP contribution in [0.3, 0.4) is 0 Å². The fraction of sp³-hybridized carbons (Fsp3) is 0.650. The number of ketones is 1. The summed E-state index contributed by atoms with van der Waals surface area (Å²) in [5.74, 6) is 1.04. The summed E-state index contributed by atoms with van der Waals surface area (Å²) >= 11 is 0. The Hall–Kier alpha value is -1.51. The Balaban J connectivity index is 0.00000232. The molecule has 0 N–H and O–H groups in total. The quantitative estimate of drug-likeness (QED) is 0.536. The predicted molar refractivity (Wildman–Crippen MR) is 98.6 cm³/mol. The number of aromatic nitrogens is 2. The van der Waals surface area contributed by atoms with Crippen molar-refractivity contribution >= 4 is 5.78 Å². The van der Waals surface area contributed by atoms with E-state index in [-0.39, 0.29) is 5.78 Å². The average Bonchev–Trinajstić information content (AvgIpc) is 2.59. The van der Waals surface area contributed by atoms with Gasteiger partial charge in [0.15, 0.2) is 5.78 Å². The normalized spacial score (nSPS) is 10.9. The summed E-state index contributed by atoms with van der Waals surface area (Å²) < 4.78 is 0. The highest BCUT2D eigenvalue weighted by Crippen LogP contribution is 2.13. The van der Waals surface area contributed by atoms with Crippen molar-refractivity contribution in [1.82, 2.24) is 9.97 Å². The molecule has 0 atom stereocenters. The first kappa shape index (κ1) is 21.5. The van der Waals surface area contributed by atoms with Crippen LogP contribution in [0.25, 0.3) is 0 Å². The van der Waals surface area contributed by atoms with Gasteiger partial charge < -0.3 is 0 Å². The maximum absolute atomic E-state index is 11.7. The van der Waals surface area contributed by atoms with Crippen molar-refractivity contribution in [2.45, 2.75) is 86.0 Å². The molecule has 1 aromatic rings. The van der Waals surface area contributed by atoms with Gasteiger partial charge in [-0.15, -0.1) is 0 Å². The van der Waals surface area contributed by atoms with E-state index in [0.29, 0.717) is 12.8 Å². The highest BCUT2D eigenvalue weighted by molar-refractivity contribution is 5.90. The number of carbonyl (C=O) groups is 1. The lowest BCUT2D eigenvalue weighted by Gasteiger charge is -2.07. The van der Waals surface area contributed by atoms with Crippen molar-refractivity contribution in [3.8, 4) is 0 Å². The van der Waals surface area contributed by atoms with Crippen molar-refractivity contribution in [2.75, 3.05) is 0 Å². The summed E-state index contributed by atoms with van der Waals surface area (Å²) in [7, 11) is 0. The summed E-state index contributed by atoms with van der Waals surface area (Å²) in [5, 5.41) is 0. The van der Waals surface area contributed by atoms with Gasteiger partial charge in [0.05, 0.1) is 0 Å². The molecule has 0 aromatic carbocycles. The minimum Gasteiger partial charge on any atom is -0.295 e. The fourth-order valence-electron chi connectivity index (χ4n) is 2.17. The molecular formula is C20H34N2O. The molecule has 23 heavy (non-hydrogen) atoms. The first-order valence-corrected chi connectivity index (χ1v) is 9.22. The molecule has 1 heterocycles. The summed E-state index contributed by atoms with van der Waals surface area (Å²) in [6, 6.07) is 1.99. The molecule has 0 amide bonds. The largest absolute Gasteiger partial charge is 0.295 e. The molecular weight excluding hydrogens is 284 g/mol. The third kappa shape index (κ3) is 9.98.